The number of methoxy groups -OCH3 is 1. The van der Waals surface area contributed by atoms with Gasteiger partial charge in [0, 0.05) is 10.7 Å². The Kier molecular flexibility index (Phi) is 5.41. The maximum absolute atomic E-state index is 11.6. The number of hydrogen-bond acceptors (Lipinski definition) is 4. The van der Waals surface area contributed by atoms with Crippen LogP contribution in [0.15, 0.2) is 48.5 Å². The molecule has 0 heterocycles. The van der Waals surface area contributed by atoms with Gasteiger partial charge in [-0.05, 0) is 48.9 Å². The fraction of sp³-hybridized carbons (Fsp3) is 0.235. The molecule has 0 aromatic heterocycles. The summed E-state index contributed by atoms with van der Waals surface area (Å²) in [6, 6.07) is 13.7. The lowest BCUT2D eigenvalue weighted by atomic mass is 9.98. The molecule has 0 aliphatic carbocycles. The van der Waals surface area contributed by atoms with Gasteiger partial charge in [-0.15, -0.1) is 0 Å². The van der Waals surface area contributed by atoms with Gasteiger partial charge in [-0.1, -0.05) is 23.7 Å². The Hall–Kier alpha value is -2.04. The van der Waals surface area contributed by atoms with Crippen LogP contribution in [0, 0.1) is 0 Å². The first-order valence-corrected chi connectivity index (χ1v) is 7.23. The molecule has 0 spiro atoms. The van der Waals surface area contributed by atoms with Gasteiger partial charge < -0.3 is 15.2 Å². The molecule has 0 aliphatic heterocycles. The summed E-state index contributed by atoms with van der Waals surface area (Å²) in [6.45, 7) is 1.36. The van der Waals surface area contributed by atoms with Crippen molar-refractivity contribution in [3.63, 3.8) is 0 Å². The van der Waals surface area contributed by atoms with Crippen LogP contribution in [0.2, 0.25) is 5.02 Å². The second-order valence-corrected chi connectivity index (χ2v) is 5.39. The first-order valence-electron chi connectivity index (χ1n) is 6.86. The van der Waals surface area contributed by atoms with Crippen molar-refractivity contribution >= 4 is 23.1 Å². The van der Waals surface area contributed by atoms with Crippen LogP contribution in [0.5, 0.6) is 5.75 Å². The normalized spacial score (nSPS) is 13.3. The molecule has 0 unspecified atom stereocenters. The minimum absolute atomic E-state index is 0.305. The summed E-state index contributed by atoms with van der Waals surface area (Å²) in [6.07, 6.45) is -1.15. The van der Waals surface area contributed by atoms with Gasteiger partial charge in [0.25, 0.3) is 0 Å². The second kappa shape index (κ2) is 7.29. The van der Waals surface area contributed by atoms with Crippen molar-refractivity contribution in [3.8, 4) is 5.75 Å². The zero-order valence-electron chi connectivity index (χ0n) is 12.4. The first kappa shape index (κ1) is 16.3. The summed E-state index contributed by atoms with van der Waals surface area (Å²) in [5, 5.41) is 14.0. The lowest BCUT2D eigenvalue weighted by molar-refractivity contribution is -0.125. The van der Waals surface area contributed by atoms with Crippen molar-refractivity contribution in [2.75, 3.05) is 12.4 Å². The van der Waals surface area contributed by atoms with Gasteiger partial charge in [0.15, 0.2) is 5.78 Å². The van der Waals surface area contributed by atoms with Gasteiger partial charge in [0.05, 0.1) is 13.2 Å². The third-order valence-electron chi connectivity index (χ3n) is 3.37. The Balaban J connectivity index is 2.27. The molecular weight excluding hydrogens is 302 g/mol. The number of halogens is 1. The molecule has 5 heteroatoms. The molecular formula is C17H18ClNO3. The number of carbonyl (C=O) groups is 1. The van der Waals surface area contributed by atoms with E-state index >= 15 is 0 Å². The molecule has 0 amide bonds. The molecule has 2 aromatic rings. The van der Waals surface area contributed by atoms with E-state index in [0.717, 1.165) is 17.0 Å². The highest BCUT2D eigenvalue weighted by atomic mass is 35.5. The fourth-order valence-electron chi connectivity index (χ4n) is 2.12. The number of ether oxygens (including phenoxy) is 1. The standard InChI is InChI=1S/C17H18ClNO3/c1-11(20)17(21)16(12-3-5-13(18)6-4-12)19-14-7-9-15(22-2)10-8-14/h3-10,16-17,19,21H,1-2H3/t16-,17+/m1/s1. The molecule has 0 fully saturated rings. The molecule has 0 bridgehead atoms. The average molecular weight is 320 g/mol. The molecule has 2 aromatic carbocycles. The fourth-order valence-corrected chi connectivity index (χ4v) is 2.24. The van der Waals surface area contributed by atoms with Crippen molar-refractivity contribution in [2.45, 2.75) is 19.1 Å². The van der Waals surface area contributed by atoms with Crippen LogP contribution in [0.25, 0.3) is 0 Å². The molecule has 22 heavy (non-hydrogen) atoms. The number of rotatable bonds is 6. The third-order valence-corrected chi connectivity index (χ3v) is 3.63. The van der Waals surface area contributed by atoms with Gasteiger partial charge >= 0.3 is 0 Å². The zero-order valence-corrected chi connectivity index (χ0v) is 13.2. The summed E-state index contributed by atoms with van der Waals surface area (Å²) in [5.74, 6) is 0.432. The number of ketones is 1. The quantitative estimate of drug-likeness (QED) is 0.856. The summed E-state index contributed by atoms with van der Waals surface area (Å²) in [5.41, 5.74) is 1.56. The van der Waals surface area contributed by atoms with Crippen LogP contribution in [0.4, 0.5) is 5.69 Å². The average Bonchev–Trinajstić information content (AvgIpc) is 2.53. The molecule has 0 radical (unpaired) electrons. The lowest BCUT2D eigenvalue weighted by Gasteiger charge is -2.24. The highest BCUT2D eigenvalue weighted by Gasteiger charge is 2.24. The largest absolute Gasteiger partial charge is 0.497 e. The van der Waals surface area contributed by atoms with E-state index in [-0.39, 0.29) is 5.78 Å². The van der Waals surface area contributed by atoms with Crippen LogP contribution >= 0.6 is 11.6 Å². The molecule has 2 N–H and O–H groups in total. The second-order valence-electron chi connectivity index (χ2n) is 4.96. The molecule has 2 atom stereocenters. The van der Waals surface area contributed by atoms with Gasteiger partial charge in [0.2, 0.25) is 0 Å². The van der Waals surface area contributed by atoms with Crippen LogP contribution in [0.1, 0.15) is 18.5 Å². The number of anilines is 1. The number of Topliss-reactive ketones (excluding diaryl/α,β-unsaturated/α-hetero) is 1. The minimum Gasteiger partial charge on any atom is -0.497 e. The maximum Gasteiger partial charge on any atom is 0.160 e. The number of nitrogens with one attached hydrogen (secondary N) is 1. The van der Waals surface area contributed by atoms with Crippen molar-refractivity contribution in [1.82, 2.24) is 0 Å². The Bertz CT molecular complexity index is 625. The summed E-state index contributed by atoms with van der Waals surface area (Å²) in [7, 11) is 1.60. The number of aliphatic hydroxyl groups is 1. The van der Waals surface area contributed by atoms with Gasteiger partial charge in [-0.25, -0.2) is 0 Å². The number of hydrogen-bond donors (Lipinski definition) is 2. The van der Waals surface area contributed by atoms with E-state index in [1.54, 1.807) is 43.5 Å². The highest BCUT2D eigenvalue weighted by Crippen LogP contribution is 2.26. The Labute approximate surface area is 134 Å². The summed E-state index contributed by atoms with van der Waals surface area (Å²) >= 11 is 5.89. The predicted octanol–water partition coefficient (Wildman–Crippen LogP) is 3.45. The smallest absolute Gasteiger partial charge is 0.160 e. The molecule has 4 nitrogen and oxygen atoms in total. The van der Waals surface area contributed by atoms with Gasteiger partial charge in [-0.3, -0.25) is 4.79 Å². The topological polar surface area (TPSA) is 58.6 Å². The zero-order chi connectivity index (χ0) is 16.1. The molecule has 0 saturated carbocycles. The maximum atomic E-state index is 11.6. The molecule has 0 aliphatic rings. The Morgan fingerprint density at radius 3 is 2.23 bits per heavy atom. The van der Waals surface area contributed by atoms with E-state index in [2.05, 4.69) is 5.32 Å². The van der Waals surface area contributed by atoms with Crippen LogP contribution in [-0.2, 0) is 4.79 Å². The Morgan fingerprint density at radius 2 is 1.73 bits per heavy atom. The van der Waals surface area contributed by atoms with Crippen LogP contribution in [0.3, 0.4) is 0 Å². The first-order chi connectivity index (χ1) is 10.5. The van der Waals surface area contributed by atoms with Gasteiger partial charge in [0.1, 0.15) is 11.9 Å². The number of carbonyl (C=O) groups excluding carboxylic acids is 1. The van der Waals surface area contributed by atoms with Crippen molar-refractivity contribution in [1.29, 1.82) is 0 Å². The van der Waals surface area contributed by atoms with Crippen molar-refractivity contribution in [2.24, 2.45) is 0 Å². The van der Waals surface area contributed by atoms with E-state index in [0.29, 0.717) is 5.02 Å². The van der Waals surface area contributed by atoms with Crippen LogP contribution < -0.4 is 10.1 Å². The SMILES string of the molecule is COc1ccc(N[C@H](c2ccc(Cl)cc2)[C@@H](O)C(C)=O)cc1. The number of aliphatic hydroxyl groups excluding tert-OH is 1. The van der Waals surface area contributed by atoms with E-state index < -0.39 is 12.1 Å². The lowest BCUT2D eigenvalue weighted by Crippen LogP contribution is -2.31. The van der Waals surface area contributed by atoms with E-state index in [9.17, 15) is 9.90 Å². The molecule has 2 rings (SSSR count). The summed E-state index contributed by atoms with van der Waals surface area (Å²) in [4.78, 5) is 11.6. The Morgan fingerprint density at radius 1 is 1.14 bits per heavy atom. The van der Waals surface area contributed by atoms with Crippen molar-refractivity contribution in [3.05, 3.63) is 59.1 Å². The predicted molar refractivity (Wildman–Crippen MR) is 87.5 cm³/mol. The minimum atomic E-state index is -1.15. The summed E-state index contributed by atoms with van der Waals surface area (Å²) < 4.78 is 5.11. The monoisotopic (exact) mass is 319 g/mol. The highest BCUT2D eigenvalue weighted by molar-refractivity contribution is 6.30. The molecule has 0 saturated heterocycles. The molecule has 116 valence electrons. The van der Waals surface area contributed by atoms with Crippen molar-refractivity contribution < 1.29 is 14.6 Å². The third kappa shape index (κ3) is 4.00. The number of benzene rings is 2. The van der Waals surface area contributed by atoms with E-state index in [1.807, 2.05) is 12.1 Å². The van der Waals surface area contributed by atoms with E-state index in [1.165, 1.54) is 6.92 Å². The van der Waals surface area contributed by atoms with E-state index in [4.69, 9.17) is 16.3 Å². The van der Waals surface area contributed by atoms with Crippen LogP contribution in [-0.4, -0.2) is 24.1 Å². The van der Waals surface area contributed by atoms with Gasteiger partial charge in [-0.2, -0.15) is 0 Å².